The van der Waals surface area contributed by atoms with Gasteiger partial charge in [0, 0.05) is 17.4 Å². The summed E-state index contributed by atoms with van der Waals surface area (Å²) in [6, 6.07) is 24.4. The number of nitrogens with one attached hydrogen (secondary N) is 2. The SMILES string of the molecule is CC1(C)CC(=O)NN=C1c1nc2ccccc2n1Cc1ccccc1-c1ccccc1-c1nn[nH]n1. The lowest BCUT2D eigenvalue weighted by Crippen LogP contribution is -2.40. The molecule has 0 unspecified atom stereocenters. The molecule has 5 aromatic rings. The van der Waals surface area contributed by atoms with E-state index in [1.165, 1.54) is 0 Å². The minimum Gasteiger partial charge on any atom is -0.318 e. The van der Waals surface area contributed by atoms with Crippen LogP contribution in [0.25, 0.3) is 33.5 Å². The lowest BCUT2D eigenvalue weighted by Gasteiger charge is -2.29. The molecule has 9 nitrogen and oxygen atoms in total. The van der Waals surface area contributed by atoms with Crippen LogP contribution in [0.1, 0.15) is 31.7 Å². The van der Waals surface area contributed by atoms with Crippen LogP contribution in [0.3, 0.4) is 0 Å². The summed E-state index contributed by atoms with van der Waals surface area (Å²) < 4.78 is 2.18. The number of benzene rings is 3. The third-order valence-corrected chi connectivity index (χ3v) is 6.55. The van der Waals surface area contributed by atoms with E-state index in [0.717, 1.165) is 44.8 Å². The molecule has 0 radical (unpaired) electrons. The fraction of sp³-hybridized carbons (Fsp3) is 0.185. The molecule has 2 aromatic heterocycles. The first-order chi connectivity index (χ1) is 17.5. The maximum atomic E-state index is 12.1. The molecule has 0 aliphatic carbocycles. The summed E-state index contributed by atoms with van der Waals surface area (Å²) in [6.07, 6.45) is 0.351. The maximum absolute atomic E-state index is 12.1. The summed E-state index contributed by atoms with van der Waals surface area (Å²) in [5.41, 5.74) is 8.95. The second-order valence-electron chi connectivity index (χ2n) is 9.50. The molecule has 0 fully saturated rings. The zero-order valence-electron chi connectivity index (χ0n) is 19.9. The van der Waals surface area contributed by atoms with Crippen molar-refractivity contribution in [2.45, 2.75) is 26.8 Å². The number of carbonyl (C=O) groups excluding carboxylic acids is 1. The van der Waals surface area contributed by atoms with E-state index in [1.807, 2.05) is 62.4 Å². The number of amides is 1. The molecule has 36 heavy (non-hydrogen) atoms. The van der Waals surface area contributed by atoms with E-state index in [1.54, 1.807) is 0 Å². The second-order valence-corrected chi connectivity index (χ2v) is 9.50. The smallest absolute Gasteiger partial charge is 0.241 e. The Morgan fingerprint density at radius 1 is 0.917 bits per heavy atom. The number of H-pyrrole nitrogens is 1. The fourth-order valence-electron chi connectivity index (χ4n) is 4.84. The van der Waals surface area contributed by atoms with E-state index in [-0.39, 0.29) is 5.91 Å². The van der Waals surface area contributed by atoms with Gasteiger partial charge in [-0.3, -0.25) is 4.79 Å². The number of hydrazone groups is 1. The van der Waals surface area contributed by atoms with Crippen LogP contribution in [0.2, 0.25) is 0 Å². The van der Waals surface area contributed by atoms with E-state index >= 15 is 0 Å². The highest BCUT2D eigenvalue weighted by Crippen LogP contribution is 2.34. The predicted octanol–water partition coefficient (Wildman–Crippen LogP) is 4.18. The van der Waals surface area contributed by atoms with Crippen molar-refractivity contribution in [2.24, 2.45) is 10.5 Å². The van der Waals surface area contributed by atoms with Gasteiger partial charge in [0.05, 0.1) is 17.6 Å². The lowest BCUT2D eigenvalue weighted by atomic mass is 9.82. The first kappa shape index (κ1) is 21.8. The Kier molecular flexibility index (Phi) is 5.18. The highest BCUT2D eigenvalue weighted by atomic mass is 16.2. The minimum atomic E-state index is -0.452. The number of nitrogens with zero attached hydrogens (tertiary/aromatic N) is 6. The van der Waals surface area contributed by atoms with E-state index in [2.05, 4.69) is 60.0 Å². The molecule has 1 aliphatic heterocycles. The van der Waals surface area contributed by atoms with Crippen LogP contribution >= 0.6 is 0 Å². The van der Waals surface area contributed by atoms with E-state index in [4.69, 9.17) is 4.98 Å². The monoisotopic (exact) mass is 476 g/mol. The summed E-state index contributed by atoms with van der Waals surface area (Å²) >= 11 is 0. The van der Waals surface area contributed by atoms with Crippen LogP contribution in [0, 0.1) is 5.41 Å². The molecular weight excluding hydrogens is 452 g/mol. The highest BCUT2D eigenvalue weighted by molar-refractivity contribution is 6.07. The maximum Gasteiger partial charge on any atom is 0.241 e. The zero-order valence-corrected chi connectivity index (χ0v) is 19.9. The van der Waals surface area contributed by atoms with Crippen LogP contribution in [0.4, 0.5) is 0 Å². The van der Waals surface area contributed by atoms with Crippen LogP contribution in [0.15, 0.2) is 77.9 Å². The van der Waals surface area contributed by atoms with Crippen molar-refractivity contribution in [1.82, 2.24) is 35.6 Å². The molecule has 0 bridgehead atoms. The minimum absolute atomic E-state index is 0.0881. The van der Waals surface area contributed by atoms with Gasteiger partial charge in [0.15, 0.2) is 5.82 Å². The summed E-state index contributed by atoms with van der Waals surface area (Å²) in [5, 5.41) is 19.2. The van der Waals surface area contributed by atoms with Crippen molar-refractivity contribution < 1.29 is 4.79 Å². The number of tetrazole rings is 1. The number of aromatic nitrogens is 6. The quantitative estimate of drug-likeness (QED) is 0.395. The lowest BCUT2D eigenvalue weighted by molar-refractivity contribution is -0.122. The van der Waals surface area contributed by atoms with E-state index < -0.39 is 5.41 Å². The van der Waals surface area contributed by atoms with Crippen molar-refractivity contribution in [3.05, 3.63) is 84.2 Å². The van der Waals surface area contributed by atoms with Gasteiger partial charge in [0.25, 0.3) is 0 Å². The Balaban J connectivity index is 1.51. The number of rotatable bonds is 5. The van der Waals surface area contributed by atoms with Crippen LogP contribution in [-0.2, 0) is 11.3 Å². The predicted molar refractivity (Wildman–Crippen MR) is 137 cm³/mol. The standard InChI is InChI=1S/C27H24N8O/c1-27(2)15-23(36)29-30-24(27)26-28-21-13-7-8-14-22(21)35(26)16-17-9-3-4-10-18(17)19-11-5-6-12-20(19)25-31-33-34-32-25/h3-14H,15-16H2,1-2H3,(H,29,36)(H,31,32,33,34). The van der Waals surface area contributed by atoms with Gasteiger partial charge >= 0.3 is 0 Å². The van der Waals surface area contributed by atoms with Gasteiger partial charge in [0.1, 0.15) is 5.71 Å². The highest BCUT2D eigenvalue weighted by Gasteiger charge is 2.36. The molecule has 178 valence electrons. The van der Waals surface area contributed by atoms with Crippen molar-refractivity contribution in [3.63, 3.8) is 0 Å². The first-order valence-corrected chi connectivity index (χ1v) is 11.7. The van der Waals surface area contributed by atoms with Gasteiger partial charge in [-0.2, -0.15) is 10.3 Å². The Morgan fingerprint density at radius 2 is 1.64 bits per heavy atom. The molecule has 3 aromatic carbocycles. The van der Waals surface area contributed by atoms with Gasteiger partial charge in [-0.25, -0.2) is 10.4 Å². The normalized spacial score (nSPS) is 15.1. The molecule has 0 atom stereocenters. The Bertz CT molecular complexity index is 1610. The Hall–Kier alpha value is -4.66. The van der Waals surface area contributed by atoms with Crippen molar-refractivity contribution >= 4 is 22.7 Å². The third-order valence-electron chi connectivity index (χ3n) is 6.55. The molecule has 0 saturated carbocycles. The fourth-order valence-corrected chi connectivity index (χ4v) is 4.84. The topological polar surface area (TPSA) is 114 Å². The van der Waals surface area contributed by atoms with Crippen molar-refractivity contribution in [2.75, 3.05) is 0 Å². The van der Waals surface area contributed by atoms with E-state index in [9.17, 15) is 4.79 Å². The number of para-hydroxylation sites is 2. The largest absolute Gasteiger partial charge is 0.318 e. The first-order valence-electron chi connectivity index (χ1n) is 11.7. The van der Waals surface area contributed by atoms with Crippen molar-refractivity contribution in [1.29, 1.82) is 0 Å². The molecule has 1 amide bonds. The van der Waals surface area contributed by atoms with Gasteiger partial charge < -0.3 is 4.57 Å². The van der Waals surface area contributed by atoms with Crippen LogP contribution < -0.4 is 5.43 Å². The number of fused-ring (bicyclic) bond motifs is 1. The van der Waals surface area contributed by atoms with Crippen LogP contribution in [-0.4, -0.2) is 41.8 Å². The molecule has 2 N–H and O–H groups in total. The number of aromatic amines is 1. The Morgan fingerprint density at radius 3 is 2.42 bits per heavy atom. The average molecular weight is 477 g/mol. The van der Waals surface area contributed by atoms with Gasteiger partial charge in [-0.05, 0) is 34.0 Å². The third kappa shape index (κ3) is 3.74. The van der Waals surface area contributed by atoms with Crippen molar-refractivity contribution in [3.8, 4) is 22.5 Å². The molecule has 6 rings (SSSR count). The molecule has 1 aliphatic rings. The van der Waals surface area contributed by atoms with Gasteiger partial charge in [-0.1, -0.05) is 74.5 Å². The zero-order chi connectivity index (χ0) is 24.7. The number of carbonyl (C=O) groups is 1. The number of hydrogen-bond acceptors (Lipinski definition) is 6. The molecule has 3 heterocycles. The summed E-state index contributed by atoms with van der Waals surface area (Å²) in [4.78, 5) is 17.0. The Labute approximate surface area is 207 Å². The molecule has 0 saturated heterocycles. The summed E-state index contributed by atoms with van der Waals surface area (Å²) in [7, 11) is 0. The summed E-state index contributed by atoms with van der Waals surface area (Å²) in [5.74, 6) is 1.21. The average Bonchev–Trinajstić information content (AvgIpc) is 3.53. The molecular formula is C27H24N8O. The summed E-state index contributed by atoms with van der Waals surface area (Å²) in [6.45, 7) is 4.63. The number of imidazole rings is 1. The van der Waals surface area contributed by atoms with Gasteiger partial charge in [0.2, 0.25) is 11.7 Å². The molecule has 9 heteroatoms. The molecule has 0 spiro atoms. The number of hydrogen-bond donors (Lipinski definition) is 2. The van der Waals surface area contributed by atoms with Crippen LogP contribution in [0.5, 0.6) is 0 Å². The van der Waals surface area contributed by atoms with E-state index in [0.29, 0.717) is 18.8 Å². The second kappa shape index (κ2) is 8.53. The van der Waals surface area contributed by atoms with Gasteiger partial charge in [-0.15, -0.1) is 10.2 Å².